The zero-order valence-electron chi connectivity index (χ0n) is 15.9. The van der Waals surface area contributed by atoms with Crippen LogP contribution in [0.3, 0.4) is 0 Å². The molecule has 3 nitrogen and oxygen atoms in total. The summed E-state index contributed by atoms with van der Waals surface area (Å²) in [6.07, 6.45) is 8.21. The first-order chi connectivity index (χ1) is 10.9. The molecule has 0 aromatic carbocycles. The van der Waals surface area contributed by atoms with Gasteiger partial charge in [-0.2, -0.15) is 0 Å². The lowest BCUT2D eigenvalue weighted by molar-refractivity contribution is -0.149. The van der Waals surface area contributed by atoms with Crippen molar-refractivity contribution in [2.24, 2.45) is 11.8 Å². The molecule has 0 aliphatic heterocycles. The van der Waals surface area contributed by atoms with Gasteiger partial charge in [0.2, 0.25) is 0 Å². The molecule has 1 fully saturated rings. The van der Waals surface area contributed by atoms with E-state index < -0.39 is 20.7 Å². The fraction of sp³-hybridized carbons (Fsp3) is 0.947. The molecule has 0 aromatic heterocycles. The van der Waals surface area contributed by atoms with Crippen LogP contribution < -0.4 is 0 Å². The summed E-state index contributed by atoms with van der Waals surface area (Å²) in [6, 6.07) is 0. The predicted octanol–water partition coefficient (Wildman–Crippen LogP) is 4.47. The van der Waals surface area contributed by atoms with Gasteiger partial charge >= 0.3 is 0 Å². The van der Waals surface area contributed by atoms with Crippen LogP contribution in [0, 0.1) is 11.8 Å². The van der Waals surface area contributed by atoms with Crippen LogP contribution in [0.4, 0.5) is 0 Å². The molecule has 0 aromatic rings. The van der Waals surface area contributed by atoms with E-state index in [1.807, 2.05) is 0 Å². The molecule has 23 heavy (non-hydrogen) atoms. The van der Waals surface area contributed by atoms with Crippen LogP contribution in [0.15, 0.2) is 0 Å². The summed E-state index contributed by atoms with van der Waals surface area (Å²) in [7, 11) is -1.42. The van der Waals surface area contributed by atoms with E-state index in [9.17, 15) is 9.90 Å². The van der Waals surface area contributed by atoms with Gasteiger partial charge in [0.25, 0.3) is 0 Å². The van der Waals surface area contributed by atoms with Crippen LogP contribution in [0.5, 0.6) is 0 Å². The predicted molar refractivity (Wildman–Crippen MR) is 99.3 cm³/mol. The number of carbonyl (C=O) groups is 1. The molecule has 1 aliphatic rings. The molecule has 1 rings (SSSR count). The van der Waals surface area contributed by atoms with Crippen molar-refractivity contribution in [3.63, 3.8) is 0 Å². The zero-order valence-corrected chi connectivity index (χ0v) is 17.1. The van der Waals surface area contributed by atoms with Crippen LogP contribution >= 0.6 is 0 Å². The number of aliphatic hydroxyl groups excluding tert-OH is 1. The molecule has 136 valence electrons. The number of rotatable bonds is 11. The molecule has 1 aliphatic carbocycles. The van der Waals surface area contributed by atoms with Crippen molar-refractivity contribution < 1.29 is 14.3 Å². The molecular weight excluding hydrogens is 304 g/mol. The Hall–Kier alpha value is -0.193. The third kappa shape index (κ3) is 4.89. The monoisotopic (exact) mass is 342 g/mol. The zero-order chi connectivity index (χ0) is 17.5. The SMILES string of the molecule is CCCCC1CC(=O)C(O[SiH](C)C)(C(O)CCC)C1CCCC. The summed E-state index contributed by atoms with van der Waals surface area (Å²) in [4.78, 5) is 13.0. The Morgan fingerprint density at radius 2 is 1.78 bits per heavy atom. The second-order valence-corrected chi connectivity index (χ2v) is 9.88. The maximum Gasteiger partial charge on any atom is 0.172 e. The summed E-state index contributed by atoms with van der Waals surface area (Å²) in [5.74, 6) is 0.785. The number of carbonyl (C=O) groups excluding carboxylic acids is 1. The van der Waals surface area contributed by atoms with E-state index in [-0.39, 0.29) is 11.7 Å². The topological polar surface area (TPSA) is 46.5 Å². The highest BCUT2D eigenvalue weighted by Gasteiger charge is 2.58. The Bertz CT molecular complexity index is 359. The Balaban J connectivity index is 3.14. The molecule has 0 bridgehead atoms. The van der Waals surface area contributed by atoms with E-state index in [0.29, 0.717) is 18.8 Å². The van der Waals surface area contributed by atoms with Crippen molar-refractivity contribution in [3.8, 4) is 0 Å². The minimum Gasteiger partial charge on any atom is -0.406 e. The Labute approximate surface area is 144 Å². The van der Waals surface area contributed by atoms with Gasteiger partial charge in [0.1, 0.15) is 5.60 Å². The van der Waals surface area contributed by atoms with E-state index in [0.717, 1.165) is 38.5 Å². The van der Waals surface area contributed by atoms with Gasteiger partial charge in [-0.1, -0.05) is 52.9 Å². The smallest absolute Gasteiger partial charge is 0.172 e. The highest BCUT2D eigenvalue weighted by atomic mass is 28.3. The van der Waals surface area contributed by atoms with Crippen molar-refractivity contribution >= 4 is 14.8 Å². The largest absolute Gasteiger partial charge is 0.406 e. The van der Waals surface area contributed by atoms with E-state index >= 15 is 0 Å². The quantitative estimate of drug-likeness (QED) is 0.563. The third-order valence-corrected chi connectivity index (χ3v) is 6.15. The van der Waals surface area contributed by atoms with Crippen molar-refractivity contribution in [2.45, 2.75) is 103 Å². The van der Waals surface area contributed by atoms with E-state index in [1.54, 1.807) is 0 Å². The number of hydrogen-bond acceptors (Lipinski definition) is 3. The average Bonchev–Trinajstić information content (AvgIpc) is 2.75. The highest BCUT2D eigenvalue weighted by Crippen LogP contribution is 2.48. The number of ketones is 1. The summed E-state index contributed by atoms with van der Waals surface area (Å²) >= 11 is 0. The van der Waals surface area contributed by atoms with Crippen LogP contribution in [-0.4, -0.2) is 31.6 Å². The standard InChI is InChI=1S/C19H38O3Si/c1-6-9-12-15-14-18(21)19(22-23(4)5,17(20)11-8-3)16(15)13-10-7-2/h15-17,20,23H,6-14H2,1-5H3. The molecule has 4 unspecified atom stereocenters. The maximum absolute atomic E-state index is 13.0. The van der Waals surface area contributed by atoms with Gasteiger partial charge < -0.3 is 9.53 Å². The minimum atomic E-state index is -1.42. The fourth-order valence-corrected chi connectivity index (χ4v) is 5.53. The molecule has 0 radical (unpaired) electrons. The maximum atomic E-state index is 13.0. The summed E-state index contributed by atoms with van der Waals surface area (Å²) in [5.41, 5.74) is -0.899. The minimum absolute atomic E-state index is 0.182. The van der Waals surface area contributed by atoms with E-state index in [2.05, 4.69) is 33.9 Å². The first kappa shape index (κ1) is 20.9. The van der Waals surface area contributed by atoms with Gasteiger partial charge in [0, 0.05) is 6.42 Å². The Morgan fingerprint density at radius 3 is 2.30 bits per heavy atom. The molecule has 4 heteroatoms. The second kappa shape index (κ2) is 9.95. The highest BCUT2D eigenvalue weighted by molar-refractivity contribution is 6.48. The first-order valence-corrected chi connectivity index (χ1v) is 12.6. The molecule has 0 amide bonds. The number of Topliss-reactive ketones (excluding diaryl/α,β-unsaturated/α-hetero) is 1. The van der Waals surface area contributed by atoms with Crippen LogP contribution in [0.2, 0.25) is 13.1 Å². The third-order valence-electron chi connectivity index (χ3n) is 5.29. The molecular formula is C19H38O3Si. The molecule has 1 N–H and O–H groups in total. The van der Waals surface area contributed by atoms with E-state index in [4.69, 9.17) is 4.43 Å². The molecule has 1 saturated carbocycles. The van der Waals surface area contributed by atoms with Crippen molar-refractivity contribution in [3.05, 3.63) is 0 Å². The normalized spacial score (nSPS) is 29.4. The lowest BCUT2D eigenvalue weighted by atomic mass is 9.76. The number of aliphatic hydroxyl groups is 1. The molecule has 0 spiro atoms. The van der Waals surface area contributed by atoms with Gasteiger partial charge in [0.05, 0.1) is 6.10 Å². The summed E-state index contributed by atoms with van der Waals surface area (Å²) in [6.45, 7) is 10.7. The summed E-state index contributed by atoms with van der Waals surface area (Å²) < 4.78 is 6.38. The summed E-state index contributed by atoms with van der Waals surface area (Å²) in [5, 5.41) is 10.9. The van der Waals surface area contributed by atoms with Crippen LogP contribution in [-0.2, 0) is 9.22 Å². The van der Waals surface area contributed by atoms with Gasteiger partial charge in [-0.25, -0.2) is 0 Å². The number of unbranched alkanes of at least 4 members (excludes halogenated alkanes) is 2. The lowest BCUT2D eigenvalue weighted by Gasteiger charge is -2.41. The number of hydrogen-bond donors (Lipinski definition) is 1. The van der Waals surface area contributed by atoms with Gasteiger partial charge in [0.15, 0.2) is 14.8 Å². The molecule has 0 heterocycles. The Kier molecular flexibility index (Phi) is 9.02. The van der Waals surface area contributed by atoms with Gasteiger partial charge in [-0.3, -0.25) is 4.79 Å². The first-order valence-electron chi connectivity index (χ1n) is 9.83. The van der Waals surface area contributed by atoms with Crippen LogP contribution in [0.1, 0.15) is 78.6 Å². The molecule has 0 saturated heterocycles. The van der Waals surface area contributed by atoms with Crippen molar-refractivity contribution in [1.29, 1.82) is 0 Å². The average molecular weight is 343 g/mol. The van der Waals surface area contributed by atoms with Gasteiger partial charge in [-0.05, 0) is 44.2 Å². The van der Waals surface area contributed by atoms with Gasteiger partial charge in [-0.15, -0.1) is 0 Å². The lowest BCUT2D eigenvalue weighted by Crippen LogP contribution is -2.56. The Morgan fingerprint density at radius 1 is 1.17 bits per heavy atom. The second-order valence-electron chi connectivity index (χ2n) is 7.54. The fourth-order valence-electron chi connectivity index (χ4n) is 4.28. The molecule has 4 atom stereocenters. The van der Waals surface area contributed by atoms with E-state index in [1.165, 1.54) is 6.42 Å². The van der Waals surface area contributed by atoms with Crippen molar-refractivity contribution in [1.82, 2.24) is 0 Å². The van der Waals surface area contributed by atoms with Crippen molar-refractivity contribution in [2.75, 3.05) is 0 Å². The van der Waals surface area contributed by atoms with Crippen LogP contribution in [0.25, 0.3) is 0 Å².